The fourth-order valence-electron chi connectivity index (χ4n) is 2.03. The summed E-state index contributed by atoms with van der Waals surface area (Å²) in [5.41, 5.74) is 0.851. The molecule has 23 heavy (non-hydrogen) atoms. The molecule has 3 rings (SSSR count). The van der Waals surface area contributed by atoms with Gasteiger partial charge in [-0.2, -0.15) is 10.1 Å². The van der Waals surface area contributed by atoms with Crippen LogP contribution in [0.5, 0.6) is 0 Å². The number of alkyl halides is 2. The van der Waals surface area contributed by atoms with E-state index in [1.165, 1.54) is 10.7 Å². The molecule has 0 aliphatic carbocycles. The van der Waals surface area contributed by atoms with Gasteiger partial charge in [0.05, 0.1) is 5.02 Å². The predicted octanol–water partition coefficient (Wildman–Crippen LogP) is 4.53. The van der Waals surface area contributed by atoms with Crippen LogP contribution in [0.15, 0.2) is 28.8 Å². The Kier molecular flexibility index (Phi) is 4.32. The Hall–Kier alpha value is -1.99. The Balaban J connectivity index is 1.85. The molecule has 5 nitrogen and oxygen atoms in total. The number of aromatic nitrogens is 4. The highest BCUT2D eigenvalue weighted by Gasteiger charge is 2.16. The molecule has 0 saturated heterocycles. The average Bonchev–Trinajstić information content (AvgIpc) is 3.07. The fraction of sp³-hybridized carbons (Fsp3) is 0.214. The fourth-order valence-corrected chi connectivity index (χ4v) is 2.52. The lowest BCUT2D eigenvalue weighted by Crippen LogP contribution is -2.04. The van der Waals surface area contributed by atoms with Gasteiger partial charge in [0.15, 0.2) is 0 Å². The third kappa shape index (κ3) is 3.35. The molecule has 0 bridgehead atoms. The molecule has 0 N–H and O–H groups in total. The second-order valence-electron chi connectivity index (χ2n) is 4.80. The first kappa shape index (κ1) is 15.9. The molecule has 1 aromatic carbocycles. The molecule has 0 spiro atoms. The van der Waals surface area contributed by atoms with Crippen molar-refractivity contribution in [2.45, 2.75) is 19.9 Å². The zero-order chi connectivity index (χ0) is 16.6. The van der Waals surface area contributed by atoms with E-state index in [2.05, 4.69) is 15.2 Å². The van der Waals surface area contributed by atoms with Crippen LogP contribution >= 0.6 is 23.2 Å². The van der Waals surface area contributed by atoms with Crippen LogP contribution in [-0.2, 0) is 6.54 Å². The summed E-state index contributed by atoms with van der Waals surface area (Å²) in [6, 6.07) is 6.22. The van der Waals surface area contributed by atoms with E-state index in [4.69, 9.17) is 27.7 Å². The summed E-state index contributed by atoms with van der Waals surface area (Å²) in [7, 11) is 0. The van der Waals surface area contributed by atoms with Gasteiger partial charge >= 0.3 is 0 Å². The quantitative estimate of drug-likeness (QED) is 0.687. The summed E-state index contributed by atoms with van der Waals surface area (Å²) in [6.45, 7) is 1.77. The van der Waals surface area contributed by atoms with E-state index < -0.39 is 6.43 Å². The summed E-state index contributed by atoms with van der Waals surface area (Å²) in [5.74, 6) is 0.526. The third-order valence-corrected chi connectivity index (χ3v) is 3.70. The first-order valence-electron chi connectivity index (χ1n) is 6.54. The van der Waals surface area contributed by atoms with Crippen molar-refractivity contribution in [2.75, 3.05) is 0 Å². The first-order valence-corrected chi connectivity index (χ1v) is 7.30. The molecular weight excluding hydrogens is 349 g/mol. The standard InChI is InChI=1S/C14H10Cl2F2N4O/c1-7-4-11(13(17)18)20-22(7)6-12-19-14(21-23-12)9-3-2-8(15)5-10(9)16/h2-5,13H,6H2,1H3. The highest BCUT2D eigenvalue weighted by atomic mass is 35.5. The van der Waals surface area contributed by atoms with Crippen LogP contribution in [0.25, 0.3) is 11.4 Å². The van der Waals surface area contributed by atoms with Crippen LogP contribution in [0.1, 0.15) is 23.7 Å². The van der Waals surface area contributed by atoms with Crippen molar-refractivity contribution in [3.05, 3.63) is 51.6 Å². The van der Waals surface area contributed by atoms with Gasteiger partial charge in [-0.3, -0.25) is 4.68 Å². The number of halogens is 4. The first-order chi connectivity index (χ1) is 10.9. The minimum atomic E-state index is -2.62. The van der Waals surface area contributed by atoms with Gasteiger partial charge in [0.1, 0.15) is 12.2 Å². The van der Waals surface area contributed by atoms with Gasteiger partial charge in [-0.1, -0.05) is 28.4 Å². The summed E-state index contributed by atoms with van der Waals surface area (Å²) in [4.78, 5) is 4.21. The van der Waals surface area contributed by atoms with Gasteiger partial charge in [0.25, 0.3) is 6.43 Å². The largest absolute Gasteiger partial charge is 0.337 e. The van der Waals surface area contributed by atoms with Gasteiger partial charge < -0.3 is 4.52 Å². The highest BCUT2D eigenvalue weighted by Crippen LogP contribution is 2.28. The van der Waals surface area contributed by atoms with E-state index in [1.807, 2.05) is 0 Å². The molecule has 9 heteroatoms. The molecule has 0 fully saturated rings. The van der Waals surface area contributed by atoms with E-state index in [0.29, 0.717) is 27.1 Å². The molecule has 0 amide bonds. The van der Waals surface area contributed by atoms with Crippen molar-refractivity contribution < 1.29 is 13.3 Å². The second-order valence-corrected chi connectivity index (χ2v) is 5.65. The smallest absolute Gasteiger partial charge is 0.282 e. The van der Waals surface area contributed by atoms with Gasteiger partial charge in [-0.05, 0) is 31.2 Å². The Bertz CT molecular complexity index is 847. The van der Waals surface area contributed by atoms with Crippen LogP contribution < -0.4 is 0 Å². The number of aryl methyl sites for hydroxylation is 1. The molecule has 3 aromatic rings. The van der Waals surface area contributed by atoms with Crippen LogP contribution in [0.3, 0.4) is 0 Å². The molecule has 2 aromatic heterocycles. The lowest BCUT2D eigenvalue weighted by atomic mass is 10.2. The number of hydrogen-bond donors (Lipinski definition) is 0. The molecule has 0 aliphatic rings. The monoisotopic (exact) mass is 358 g/mol. The molecule has 0 aliphatic heterocycles. The van der Waals surface area contributed by atoms with Crippen molar-refractivity contribution in [2.24, 2.45) is 0 Å². The minimum absolute atomic E-state index is 0.0940. The molecular formula is C14H10Cl2F2N4O. The van der Waals surface area contributed by atoms with Gasteiger partial charge in [-0.15, -0.1) is 0 Å². The normalized spacial score (nSPS) is 11.4. The topological polar surface area (TPSA) is 56.7 Å². The maximum atomic E-state index is 12.6. The van der Waals surface area contributed by atoms with Crippen molar-refractivity contribution in [3.8, 4) is 11.4 Å². The van der Waals surface area contributed by atoms with Crippen LogP contribution in [0, 0.1) is 6.92 Å². The maximum absolute atomic E-state index is 12.6. The predicted molar refractivity (Wildman–Crippen MR) is 80.8 cm³/mol. The number of rotatable bonds is 4. The molecule has 0 saturated carbocycles. The van der Waals surface area contributed by atoms with E-state index >= 15 is 0 Å². The Labute approximate surface area is 139 Å². The summed E-state index contributed by atoms with van der Waals surface area (Å²) in [6.07, 6.45) is -2.62. The van der Waals surface area contributed by atoms with E-state index in [-0.39, 0.29) is 18.1 Å². The van der Waals surface area contributed by atoms with Crippen LogP contribution in [0.4, 0.5) is 8.78 Å². The number of hydrogen-bond acceptors (Lipinski definition) is 4. The Morgan fingerprint density at radius 2 is 2.04 bits per heavy atom. The van der Waals surface area contributed by atoms with E-state index in [0.717, 1.165) is 0 Å². The summed E-state index contributed by atoms with van der Waals surface area (Å²) in [5, 5.41) is 8.54. The lowest BCUT2D eigenvalue weighted by molar-refractivity contribution is 0.145. The van der Waals surface area contributed by atoms with Crippen LogP contribution in [0.2, 0.25) is 10.0 Å². The van der Waals surface area contributed by atoms with Crippen LogP contribution in [-0.4, -0.2) is 19.9 Å². The van der Waals surface area contributed by atoms with Crippen molar-refractivity contribution in [1.29, 1.82) is 0 Å². The average molecular weight is 359 g/mol. The molecule has 0 radical (unpaired) electrons. The maximum Gasteiger partial charge on any atom is 0.282 e. The zero-order valence-corrected chi connectivity index (χ0v) is 13.3. The zero-order valence-electron chi connectivity index (χ0n) is 11.8. The van der Waals surface area contributed by atoms with E-state index in [9.17, 15) is 8.78 Å². The Morgan fingerprint density at radius 1 is 1.26 bits per heavy atom. The molecule has 120 valence electrons. The van der Waals surface area contributed by atoms with Crippen molar-refractivity contribution in [1.82, 2.24) is 19.9 Å². The SMILES string of the molecule is Cc1cc(C(F)F)nn1Cc1nc(-c2ccc(Cl)cc2Cl)no1. The Morgan fingerprint density at radius 3 is 2.70 bits per heavy atom. The third-order valence-electron chi connectivity index (χ3n) is 3.15. The molecule has 0 unspecified atom stereocenters. The molecule has 2 heterocycles. The van der Waals surface area contributed by atoms with Gasteiger partial charge in [-0.25, -0.2) is 8.78 Å². The summed E-state index contributed by atoms with van der Waals surface area (Å²) < 4.78 is 31.8. The minimum Gasteiger partial charge on any atom is -0.337 e. The van der Waals surface area contributed by atoms with Gasteiger partial charge in [0, 0.05) is 16.3 Å². The van der Waals surface area contributed by atoms with Gasteiger partial charge in [0.2, 0.25) is 11.7 Å². The van der Waals surface area contributed by atoms with Crippen molar-refractivity contribution in [3.63, 3.8) is 0 Å². The van der Waals surface area contributed by atoms with E-state index in [1.54, 1.807) is 25.1 Å². The number of nitrogens with zero attached hydrogens (tertiary/aromatic N) is 4. The second kappa shape index (κ2) is 6.25. The van der Waals surface area contributed by atoms with Crippen molar-refractivity contribution >= 4 is 23.2 Å². The molecule has 0 atom stereocenters. The lowest BCUT2D eigenvalue weighted by Gasteiger charge is -1.99. The number of benzene rings is 1. The summed E-state index contributed by atoms with van der Waals surface area (Å²) >= 11 is 11.9. The highest BCUT2D eigenvalue weighted by molar-refractivity contribution is 6.36.